The number of guanidine groups is 1. The molecular formula is C19H32N4O5S. The van der Waals surface area contributed by atoms with Crippen LogP contribution in [-0.2, 0) is 14.6 Å². The van der Waals surface area contributed by atoms with E-state index >= 15 is 0 Å². The van der Waals surface area contributed by atoms with Gasteiger partial charge in [0.2, 0.25) is 0 Å². The second-order valence-electron chi connectivity index (χ2n) is 6.89. The second kappa shape index (κ2) is 11.1. The lowest BCUT2D eigenvalue weighted by Gasteiger charge is -2.21. The van der Waals surface area contributed by atoms with Gasteiger partial charge in [0.25, 0.3) is 0 Å². The molecule has 1 unspecified atom stereocenters. The molecule has 0 saturated carbocycles. The quantitative estimate of drug-likeness (QED) is 0.316. The van der Waals surface area contributed by atoms with Gasteiger partial charge >= 0.3 is 0 Å². The Morgan fingerprint density at radius 3 is 2.48 bits per heavy atom. The summed E-state index contributed by atoms with van der Waals surface area (Å²) in [7, 11) is 2.03. The molecule has 1 heterocycles. The van der Waals surface area contributed by atoms with Crippen LogP contribution >= 0.6 is 0 Å². The van der Waals surface area contributed by atoms with E-state index in [2.05, 4.69) is 20.5 Å². The van der Waals surface area contributed by atoms with Crippen LogP contribution in [0.3, 0.4) is 0 Å². The topological polar surface area (TPSA) is 101 Å². The highest BCUT2D eigenvalue weighted by Gasteiger charge is 2.24. The van der Waals surface area contributed by atoms with Gasteiger partial charge < -0.3 is 29.7 Å². The number of methoxy groups -OCH3 is 2. The molecule has 2 N–H and O–H groups in total. The van der Waals surface area contributed by atoms with Crippen molar-refractivity contribution in [2.24, 2.45) is 4.99 Å². The van der Waals surface area contributed by atoms with Crippen molar-refractivity contribution in [3.05, 3.63) is 18.2 Å². The maximum atomic E-state index is 11.1. The van der Waals surface area contributed by atoms with Crippen molar-refractivity contribution in [2.45, 2.75) is 12.5 Å². The first-order valence-corrected chi connectivity index (χ1v) is 11.6. The zero-order valence-corrected chi connectivity index (χ0v) is 18.4. The number of anilines is 1. The molecule has 1 aromatic rings. The Balaban J connectivity index is 1.78. The van der Waals surface area contributed by atoms with Gasteiger partial charge in [-0.1, -0.05) is 0 Å². The molecule has 29 heavy (non-hydrogen) atoms. The van der Waals surface area contributed by atoms with Crippen LogP contribution in [0.25, 0.3) is 0 Å². The minimum atomic E-state index is -2.99. The Morgan fingerprint density at radius 2 is 1.90 bits per heavy atom. The summed E-state index contributed by atoms with van der Waals surface area (Å²) in [4.78, 5) is 6.53. The summed E-state index contributed by atoms with van der Waals surface area (Å²) in [5.41, 5.74) is 1.06. The zero-order chi connectivity index (χ0) is 21.3. The minimum absolute atomic E-state index is 0.0347. The fourth-order valence-electron chi connectivity index (χ4n) is 3.03. The summed E-state index contributed by atoms with van der Waals surface area (Å²) < 4.78 is 38.2. The third-order valence-corrected chi connectivity index (χ3v) is 5.50. The largest absolute Gasteiger partial charge is 0.497 e. The van der Waals surface area contributed by atoms with Gasteiger partial charge in [-0.3, -0.25) is 4.99 Å². The molecular weight excluding hydrogens is 396 g/mol. The number of nitrogens with one attached hydrogen (secondary N) is 2. The van der Waals surface area contributed by atoms with Crippen LogP contribution < -0.4 is 25.0 Å². The van der Waals surface area contributed by atoms with Crippen LogP contribution in [0.5, 0.6) is 11.5 Å². The highest BCUT2D eigenvalue weighted by atomic mass is 32.2. The van der Waals surface area contributed by atoms with Crippen molar-refractivity contribution in [3.8, 4) is 11.5 Å². The van der Waals surface area contributed by atoms with Crippen molar-refractivity contribution >= 4 is 21.5 Å². The number of aliphatic imine (C=N–C) groups is 1. The summed E-state index contributed by atoms with van der Waals surface area (Å²) in [5.74, 6) is 2.27. The molecule has 0 aromatic heterocycles. The SMILES string of the molecule is CN=C(NCCOCCS(C)(=O)=O)NC1CCN(c2cc(OC)cc(OC)c2)C1. The highest BCUT2D eigenvalue weighted by molar-refractivity contribution is 7.90. The van der Waals surface area contributed by atoms with Crippen LogP contribution in [0.2, 0.25) is 0 Å². The summed E-state index contributed by atoms with van der Waals surface area (Å²) >= 11 is 0. The summed E-state index contributed by atoms with van der Waals surface area (Å²) in [6.45, 7) is 2.92. The van der Waals surface area contributed by atoms with Crippen molar-refractivity contribution in [3.63, 3.8) is 0 Å². The van der Waals surface area contributed by atoms with E-state index in [9.17, 15) is 8.42 Å². The Bertz CT molecular complexity index is 763. The highest BCUT2D eigenvalue weighted by Crippen LogP contribution is 2.30. The van der Waals surface area contributed by atoms with Gasteiger partial charge in [0.05, 0.1) is 33.2 Å². The van der Waals surface area contributed by atoms with E-state index in [1.807, 2.05) is 18.2 Å². The Kier molecular flexibility index (Phi) is 8.84. The summed E-state index contributed by atoms with van der Waals surface area (Å²) in [5, 5.41) is 6.61. The Morgan fingerprint density at radius 1 is 1.21 bits per heavy atom. The molecule has 0 radical (unpaired) electrons. The van der Waals surface area contributed by atoms with E-state index < -0.39 is 9.84 Å². The van der Waals surface area contributed by atoms with E-state index in [1.165, 1.54) is 6.26 Å². The van der Waals surface area contributed by atoms with E-state index in [0.29, 0.717) is 19.1 Å². The smallest absolute Gasteiger partial charge is 0.191 e. The lowest BCUT2D eigenvalue weighted by atomic mass is 10.2. The third-order valence-electron chi connectivity index (χ3n) is 4.59. The summed E-state index contributed by atoms with van der Waals surface area (Å²) in [6.07, 6.45) is 2.18. The van der Waals surface area contributed by atoms with Gasteiger partial charge in [-0.25, -0.2) is 8.42 Å². The van der Waals surface area contributed by atoms with Crippen molar-refractivity contribution in [2.75, 3.05) is 71.0 Å². The fraction of sp³-hybridized carbons (Fsp3) is 0.632. The van der Waals surface area contributed by atoms with Gasteiger partial charge in [-0.2, -0.15) is 0 Å². The lowest BCUT2D eigenvalue weighted by Crippen LogP contribution is -2.45. The number of benzene rings is 1. The standard InChI is InChI=1S/C19H32N4O5S/c1-20-19(21-6-8-28-9-10-29(4,24)25)22-15-5-7-23(14-15)16-11-17(26-2)13-18(12-16)27-3/h11-13,15H,5-10,14H2,1-4H3,(H2,20,21,22). The predicted molar refractivity (Wildman–Crippen MR) is 115 cm³/mol. The zero-order valence-electron chi connectivity index (χ0n) is 17.6. The molecule has 2 rings (SSSR count). The average Bonchev–Trinajstić information content (AvgIpc) is 3.16. The second-order valence-corrected chi connectivity index (χ2v) is 9.15. The monoisotopic (exact) mass is 428 g/mol. The van der Waals surface area contributed by atoms with E-state index in [0.717, 1.165) is 36.7 Å². The minimum Gasteiger partial charge on any atom is -0.497 e. The van der Waals surface area contributed by atoms with Gasteiger partial charge in [-0.15, -0.1) is 0 Å². The Hall–Kier alpha value is -2.20. The lowest BCUT2D eigenvalue weighted by molar-refractivity contribution is 0.154. The normalized spacial score (nSPS) is 17.3. The van der Waals surface area contributed by atoms with Crippen LogP contribution in [0.1, 0.15) is 6.42 Å². The molecule has 164 valence electrons. The first kappa shape index (κ1) is 23.1. The third kappa shape index (κ3) is 7.98. The fourth-order valence-corrected chi connectivity index (χ4v) is 3.45. The van der Waals surface area contributed by atoms with Gasteiger partial charge in [-0.05, 0) is 6.42 Å². The maximum absolute atomic E-state index is 11.1. The molecule has 1 fully saturated rings. The molecule has 1 atom stereocenters. The molecule has 1 aromatic carbocycles. The molecule has 1 saturated heterocycles. The van der Waals surface area contributed by atoms with Gasteiger partial charge in [0, 0.05) is 62.9 Å². The molecule has 9 nitrogen and oxygen atoms in total. The average molecular weight is 429 g/mol. The van der Waals surface area contributed by atoms with Crippen LogP contribution in [-0.4, -0.2) is 86.5 Å². The number of nitrogens with zero attached hydrogens (tertiary/aromatic N) is 2. The first-order chi connectivity index (χ1) is 13.8. The van der Waals surface area contributed by atoms with Crippen molar-refractivity contribution in [1.29, 1.82) is 0 Å². The molecule has 0 spiro atoms. The number of sulfone groups is 1. The van der Waals surface area contributed by atoms with Crippen molar-refractivity contribution in [1.82, 2.24) is 10.6 Å². The van der Waals surface area contributed by atoms with Gasteiger partial charge in [0.15, 0.2) is 5.96 Å². The molecule has 0 aliphatic carbocycles. The molecule has 10 heteroatoms. The van der Waals surface area contributed by atoms with Crippen molar-refractivity contribution < 1.29 is 22.6 Å². The maximum Gasteiger partial charge on any atom is 0.191 e. The number of hydrogen-bond acceptors (Lipinski definition) is 7. The number of rotatable bonds is 10. The number of hydrogen-bond donors (Lipinski definition) is 2. The van der Waals surface area contributed by atoms with E-state index in [1.54, 1.807) is 21.3 Å². The van der Waals surface area contributed by atoms with Crippen LogP contribution in [0.15, 0.2) is 23.2 Å². The predicted octanol–water partition coefficient (Wildman–Crippen LogP) is 0.509. The molecule has 0 amide bonds. The first-order valence-electron chi connectivity index (χ1n) is 9.55. The van der Waals surface area contributed by atoms with Gasteiger partial charge in [0.1, 0.15) is 21.3 Å². The summed E-state index contributed by atoms with van der Waals surface area (Å²) in [6, 6.07) is 6.13. The van der Waals surface area contributed by atoms with E-state index in [-0.39, 0.29) is 18.4 Å². The van der Waals surface area contributed by atoms with Crippen LogP contribution in [0, 0.1) is 0 Å². The molecule has 0 bridgehead atoms. The Labute approximate surface area is 173 Å². The number of ether oxygens (including phenoxy) is 3. The van der Waals surface area contributed by atoms with Crippen LogP contribution in [0.4, 0.5) is 5.69 Å². The van der Waals surface area contributed by atoms with E-state index in [4.69, 9.17) is 14.2 Å². The molecule has 1 aliphatic rings. The molecule has 1 aliphatic heterocycles.